The van der Waals surface area contributed by atoms with Gasteiger partial charge in [-0.25, -0.2) is 5.43 Å². The van der Waals surface area contributed by atoms with E-state index >= 15 is 0 Å². The lowest BCUT2D eigenvalue weighted by molar-refractivity contribution is -0.137. The minimum atomic E-state index is 0.283. The van der Waals surface area contributed by atoms with Crippen LogP contribution in [-0.4, -0.2) is 24.0 Å². The smallest absolute Gasteiger partial charge is 0.236 e. The molecule has 0 atom stereocenters. The summed E-state index contributed by atoms with van der Waals surface area (Å²) in [5, 5.41) is 1.82. The minimum absolute atomic E-state index is 0.283. The van der Waals surface area contributed by atoms with Gasteiger partial charge in [0.25, 0.3) is 0 Å². The number of rotatable bonds is 3. The first-order valence-electron chi connectivity index (χ1n) is 5.40. The summed E-state index contributed by atoms with van der Waals surface area (Å²) in [6.07, 6.45) is 7.07. The standard InChI is InChI=1S/C10H18N2O/c13-10-5-2-7-11-12(10)8-6-9-3-1-4-9/h9,11H,1-8H2. The van der Waals surface area contributed by atoms with Crippen molar-refractivity contribution in [1.82, 2.24) is 10.4 Å². The molecule has 1 N–H and O–H groups in total. The molecule has 74 valence electrons. The van der Waals surface area contributed by atoms with Crippen LogP contribution in [0.3, 0.4) is 0 Å². The quantitative estimate of drug-likeness (QED) is 0.713. The van der Waals surface area contributed by atoms with Crippen molar-refractivity contribution in [1.29, 1.82) is 0 Å². The minimum Gasteiger partial charge on any atom is -0.278 e. The molecule has 0 aromatic heterocycles. The molecule has 0 aromatic carbocycles. The SMILES string of the molecule is O=C1CCCNN1CCC1CCC1. The Bertz CT molecular complexity index is 189. The molecule has 2 aliphatic rings. The first-order chi connectivity index (χ1) is 6.36. The highest BCUT2D eigenvalue weighted by atomic mass is 16.2. The Kier molecular flexibility index (Phi) is 2.83. The molecule has 2 rings (SSSR count). The third-order valence-corrected chi connectivity index (χ3v) is 3.16. The Labute approximate surface area is 79.5 Å². The maximum atomic E-state index is 11.4. The van der Waals surface area contributed by atoms with Gasteiger partial charge in [-0.15, -0.1) is 0 Å². The van der Waals surface area contributed by atoms with Gasteiger partial charge in [0.05, 0.1) is 0 Å². The highest BCUT2D eigenvalue weighted by molar-refractivity contribution is 5.76. The van der Waals surface area contributed by atoms with E-state index in [0.717, 1.165) is 31.8 Å². The summed E-state index contributed by atoms with van der Waals surface area (Å²) in [5.74, 6) is 1.18. The van der Waals surface area contributed by atoms with Crippen molar-refractivity contribution in [3.05, 3.63) is 0 Å². The van der Waals surface area contributed by atoms with Gasteiger partial charge in [0.2, 0.25) is 5.91 Å². The van der Waals surface area contributed by atoms with Gasteiger partial charge in [-0.2, -0.15) is 0 Å². The summed E-state index contributed by atoms with van der Waals surface area (Å²) in [5.41, 5.74) is 3.16. The van der Waals surface area contributed by atoms with Gasteiger partial charge >= 0.3 is 0 Å². The number of carbonyl (C=O) groups excluding carboxylic acids is 1. The molecule has 1 amide bonds. The molecule has 0 spiro atoms. The normalized spacial score (nSPS) is 24.6. The number of hydrazine groups is 1. The first kappa shape index (κ1) is 9.00. The molecule has 1 saturated heterocycles. The Morgan fingerprint density at radius 2 is 2.23 bits per heavy atom. The maximum Gasteiger partial charge on any atom is 0.236 e. The number of nitrogens with one attached hydrogen (secondary N) is 1. The summed E-state index contributed by atoms with van der Waals surface area (Å²) in [6.45, 7) is 1.89. The zero-order valence-electron chi connectivity index (χ0n) is 8.09. The molecule has 0 unspecified atom stereocenters. The van der Waals surface area contributed by atoms with Crippen LogP contribution in [0.2, 0.25) is 0 Å². The van der Waals surface area contributed by atoms with Crippen LogP contribution < -0.4 is 5.43 Å². The lowest BCUT2D eigenvalue weighted by atomic mass is 9.83. The van der Waals surface area contributed by atoms with Gasteiger partial charge in [-0.05, 0) is 18.8 Å². The Hall–Kier alpha value is -0.570. The monoisotopic (exact) mass is 182 g/mol. The molecule has 13 heavy (non-hydrogen) atoms. The Morgan fingerprint density at radius 1 is 1.38 bits per heavy atom. The molecule has 0 aromatic rings. The van der Waals surface area contributed by atoms with E-state index in [2.05, 4.69) is 5.43 Å². The zero-order chi connectivity index (χ0) is 9.10. The van der Waals surface area contributed by atoms with Crippen LogP contribution in [0.5, 0.6) is 0 Å². The Morgan fingerprint density at radius 3 is 2.85 bits per heavy atom. The van der Waals surface area contributed by atoms with Crippen LogP contribution in [0, 0.1) is 5.92 Å². The largest absolute Gasteiger partial charge is 0.278 e. The van der Waals surface area contributed by atoms with E-state index in [1.54, 1.807) is 0 Å². The van der Waals surface area contributed by atoms with E-state index < -0.39 is 0 Å². The van der Waals surface area contributed by atoms with E-state index in [4.69, 9.17) is 0 Å². The molecule has 2 fully saturated rings. The van der Waals surface area contributed by atoms with Crippen LogP contribution in [0.25, 0.3) is 0 Å². The van der Waals surface area contributed by atoms with E-state index in [0.29, 0.717) is 0 Å². The van der Waals surface area contributed by atoms with E-state index in [-0.39, 0.29) is 5.91 Å². The molecule has 3 heteroatoms. The number of nitrogens with zero attached hydrogens (tertiary/aromatic N) is 1. The van der Waals surface area contributed by atoms with Crippen LogP contribution in [0.4, 0.5) is 0 Å². The predicted octanol–water partition coefficient (Wildman–Crippen LogP) is 1.30. The van der Waals surface area contributed by atoms with E-state index in [9.17, 15) is 4.79 Å². The molecular weight excluding hydrogens is 164 g/mol. The van der Waals surface area contributed by atoms with Gasteiger partial charge in [0.1, 0.15) is 0 Å². The second-order valence-electron chi connectivity index (χ2n) is 4.14. The van der Waals surface area contributed by atoms with Gasteiger partial charge in [-0.1, -0.05) is 19.3 Å². The Balaban J connectivity index is 1.69. The van der Waals surface area contributed by atoms with Crippen molar-refractivity contribution in [3.63, 3.8) is 0 Å². The van der Waals surface area contributed by atoms with Crippen LogP contribution in [0.1, 0.15) is 38.5 Å². The summed E-state index contributed by atoms with van der Waals surface area (Å²) in [7, 11) is 0. The maximum absolute atomic E-state index is 11.4. The summed E-state index contributed by atoms with van der Waals surface area (Å²) >= 11 is 0. The fraction of sp³-hybridized carbons (Fsp3) is 0.900. The molecule has 3 nitrogen and oxygen atoms in total. The molecule has 0 bridgehead atoms. The second kappa shape index (κ2) is 4.09. The number of hydrogen-bond donors (Lipinski definition) is 1. The van der Waals surface area contributed by atoms with Crippen LogP contribution in [-0.2, 0) is 4.79 Å². The van der Waals surface area contributed by atoms with E-state index in [1.807, 2.05) is 5.01 Å². The van der Waals surface area contributed by atoms with Gasteiger partial charge in [0, 0.05) is 19.5 Å². The lowest BCUT2D eigenvalue weighted by Gasteiger charge is -2.31. The number of carbonyl (C=O) groups is 1. The molecule has 1 aliphatic heterocycles. The molecule has 1 aliphatic carbocycles. The molecule has 1 heterocycles. The number of hydrogen-bond acceptors (Lipinski definition) is 2. The fourth-order valence-electron chi connectivity index (χ4n) is 1.97. The molecule has 1 saturated carbocycles. The topological polar surface area (TPSA) is 32.3 Å². The van der Waals surface area contributed by atoms with Gasteiger partial charge in [-0.3, -0.25) is 9.80 Å². The first-order valence-corrected chi connectivity index (χ1v) is 5.40. The van der Waals surface area contributed by atoms with Crippen molar-refractivity contribution in [3.8, 4) is 0 Å². The third kappa shape index (κ3) is 2.21. The average Bonchev–Trinajstić information content (AvgIpc) is 2.05. The van der Waals surface area contributed by atoms with Gasteiger partial charge < -0.3 is 0 Å². The van der Waals surface area contributed by atoms with Crippen molar-refractivity contribution >= 4 is 5.91 Å². The fourth-order valence-corrected chi connectivity index (χ4v) is 1.97. The lowest BCUT2D eigenvalue weighted by Crippen LogP contribution is -2.48. The highest BCUT2D eigenvalue weighted by Gasteiger charge is 2.21. The highest BCUT2D eigenvalue weighted by Crippen LogP contribution is 2.29. The third-order valence-electron chi connectivity index (χ3n) is 3.16. The average molecular weight is 182 g/mol. The number of amides is 1. The summed E-state index contributed by atoms with van der Waals surface area (Å²) in [6, 6.07) is 0. The predicted molar refractivity (Wildman–Crippen MR) is 50.9 cm³/mol. The molecule has 0 radical (unpaired) electrons. The van der Waals surface area contributed by atoms with Crippen LogP contribution >= 0.6 is 0 Å². The summed E-state index contributed by atoms with van der Waals surface area (Å²) in [4.78, 5) is 11.4. The van der Waals surface area contributed by atoms with Crippen LogP contribution in [0.15, 0.2) is 0 Å². The molecular formula is C10H18N2O. The van der Waals surface area contributed by atoms with E-state index in [1.165, 1.54) is 25.7 Å². The zero-order valence-corrected chi connectivity index (χ0v) is 8.09. The van der Waals surface area contributed by atoms with Crippen molar-refractivity contribution in [2.24, 2.45) is 5.92 Å². The van der Waals surface area contributed by atoms with Crippen molar-refractivity contribution in [2.45, 2.75) is 38.5 Å². The van der Waals surface area contributed by atoms with Gasteiger partial charge in [0.15, 0.2) is 0 Å². The summed E-state index contributed by atoms with van der Waals surface area (Å²) < 4.78 is 0. The van der Waals surface area contributed by atoms with Crippen molar-refractivity contribution < 1.29 is 4.79 Å². The second-order valence-corrected chi connectivity index (χ2v) is 4.14. The van der Waals surface area contributed by atoms with Crippen molar-refractivity contribution in [2.75, 3.05) is 13.1 Å².